The maximum absolute atomic E-state index is 5.35. The molecule has 2 nitrogen and oxygen atoms in total. The number of benzene rings is 1. The molecule has 1 aliphatic heterocycles. The van der Waals surface area contributed by atoms with Crippen molar-refractivity contribution in [1.82, 2.24) is 0 Å². The molecule has 1 aromatic carbocycles. The van der Waals surface area contributed by atoms with Crippen molar-refractivity contribution in [3.63, 3.8) is 0 Å². The summed E-state index contributed by atoms with van der Waals surface area (Å²) in [7, 11) is 0. The molecule has 0 saturated carbocycles. The highest BCUT2D eigenvalue weighted by Crippen LogP contribution is 2.32. The average molecular weight is 189 g/mol. The third-order valence-corrected chi connectivity index (χ3v) is 2.35. The summed E-state index contributed by atoms with van der Waals surface area (Å²) in [5.41, 5.74) is 2.53. The highest BCUT2D eigenvalue weighted by atomic mass is 16.5. The Balaban J connectivity index is 2.41. The molecule has 0 aromatic heterocycles. The summed E-state index contributed by atoms with van der Waals surface area (Å²) in [6.07, 6.45) is 3.45. The SMILES string of the molecule is CC(C)(C)c1ccc2c(c1)NC=CO2. The maximum atomic E-state index is 5.35. The van der Waals surface area contributed by atoms with Crippen LogP contribution in [0.25, 0.3) is 0 Å². The van der Waals surface area contributed by atoms with Crippen LogP contribution in [0.1, 0.15) is 26.3 Å². The van der Waals surface area contributed by atoms with Crippen molar-refractivity contribution in [3.05, 3.63) is 36.2 Å². The molecule has 1 heterocycles. The van der Waals surface area contributed by atoms with E-state index in [1.165, 1.54) is 5.56 Å². The zero-order valence-corrected chi connectivity index (χ0v) is 8.79. The summed E-state index contributed by atoms with van der Waals surface area (Å²) >= 11 is 0. The molecule has 14 heavy (non-hydrogen) atoms. The van der Waals surface area contributed by atoms with E-state index < -0.39 is 0 Å². The fourth-order valence-corrected chi connectivity index (χ4v) is 1.44. The van der Waals surface area contributed by atoms with E-state index in [1.807, 2.05) is 6.07 Å². The maximum Gasteiger partial charge on any atom is 0.150 e. The van der Waals surface area contributed by atoms with Crippen LogP contribution in [0.4, 0.5) is 5.69 Å². The van der Waals surface area contributed by atoms with Crippen molar-refractivity contribution in [3.8, 4) is 5.75 Å². The standard InChI is InChI=1S/C12H15NO/c1-12(2,3)9-4-5-11-10(8-9)13-6-7-14-11/h4-8,13H,1-3H3. The Morgan fingerprint density at radius 2 is 2.00 bits per heavy atom. The zero-order chi connectivity index (χ0) is 10.2. The second-order valence-electron chi connectivity index (χ2n) is 4.53. The normalized spacial score (nSPS) is 14.2. The zero-order valence-electron chi connectivity index (χ0n) is 8.79. The largest absolute Gasteiger partial charge is 0.461 e. The van der Waals surface area contributed by atoms with E-state index in [2.05, 4.69) is 38.2 Å². The lowest BCUT2D eigenvalue weighted by molar-refractivity contribution is 0.476. The number of ether oxygens (including phenoxy) is 1. The molecule has 74 valence electrons. The van der Waals surface area contributed by atoms with Gasteiger partial charge in [-0.05, 0) is 23.1 Å². The Morgan fingerprint density at radius 3 is 2.71 bits per heavy atom. The highest BCUT2D eigenvalue weighted by Gasteiger charge is 2.16. The van der Waals surface area contributed by atoms with Gasteiger partial charge in [-0.1, -0.05) is 26.8 Å². The van der Waals surface area contributed by atoms with Crippen molar-refractivity contribution in [2.75, 3.05) is 5.32 Å². The Hall–Kier alpha value is -1.44. The molecule has 2 rings (SSSR count). The number of hydrogen-bond donors (Lipinski definition) is 1. The van der Waals surface area contributed by atoms with E-state index >= 15 is 0 Å². The summed E-state index contributed by atoms with van der Waals surface area (Å²) < 4.78 is 5.35. The molecule has 0 amide bonds. The molecule has 0 spiro atoms. The average Bonchev–Trinajstić information content (AvgIpc) is 2.16. The first-order valence-corrected chi connectivity index (χ1v) is 4.80. The van der Waals surface area contributed by atoms with Crippen LogP contribution in [0, 0.1) is 0 Å². The van der Waals surface area contributed by atoms with E-state index in [4.69, 9.17) is 4.74 Å². The molecular weight excluding hydrogens is 174 g/mol. The van der Waals surface area contributed by atoms with Crippen LogP contribution in [0.5, 0.6) is 5.75 Å². The second kappa shape index (κ2) is 3.05. The summed E-state index contributed by atoms with van der Waals surface area (Å²) in [5, 5.41) is 3.17. The van der Waals surface area contributed by atoms with Gasteiger partial charge >= 0.3 is 0 Å². The molecule has 0 saturated heterocycles. The van der Waals surface area contributed by atoms with Crippen molar-refractivity contribution in [1.29, 1.82) is 0 Å². The minimum Gasteiger partial charge on any atom is -0.461 e. The summed E-state index contributed by atoms with van der Waals surface area (Å²) in [5.74, 6) is 0.889. The number of hydrogen-bond acceptors (Lipinski definition) is 2. The molecule has 0 fully saturated rings. The molecule has 0 atom stereocenters. The van der Waals surface area contributed by atoms with Gasteiger partial charge in [0, 0.05) is 6.20 Å². The van der Waals surface area contributed by atoms with E-state index in [9.17, 15) is 0 Å². The Kier molecular flexibility index (Phi) is 1.99. The summed E-state index contributed by atoms with van der Waals surface area (Å²) in [4.78, 5) is 0. The smallest absolute Gasteiger partial charge is 0.150 e. The third kappa shape index (κ3) is 1.60. The molecule has 0 bridgehead atoms. The number of rotatable bonds is 0. The van der Waals surface area contributed by atoms with Gasteiger partial charge in [0.25, 0.3) is 0 Å². The van der Waals surface area contributed by atoms with Gasteiger partial charge < -0.3 is 10.1 Å². The van der Waals surface area contributed by atoms with Gasteiger partial charge in [-0.25, -0.2) is 0 Å². The van der Waals surface area contributed by atoms with E-state index in [0.29, 0.717) is 0 Å². The van der Waals surface area contributed by atoms with Crippen LogP contribution in [-0.2, 0) is 5.41 Å². The van der Waals surface area contributed by atoms with Crippen molar-refractivity contribution >= 4 is 5.69 Å². The van der Waals surface area contributed by atoms with Gasteiger partial charge in [-0.2, -0.15) is 0 Å². The fraction of sp³-hybridized carbons (Fsp3) is 0.333. The fourth-order valence-electron chi connectivity index (χ4n) is 1.44. The molecular formula is C12H15NO. The van der Waals surface area contributed by atoms with Crippen molar-refractivity contribution in [2.24, 2.45) is 0 Å². The first-order valence-electron chi connectivity index (χ1n) is 4.80. The lowest BCUT2D eigenvalue weighted by atomic mass is 9.87. The van der Waals surface area contributed by atoms with Crippen LogP contribution in [0.15, 0.2) is 30.7 Å². The summed E-state index contributed by atoms with van der Waals surface area (Å²) in [6, 6.07) is 6.25. The minimum absolute atomic E-state index is 0.178. The monoisotopic (exact) mass is 189 g/mol. The molecule has 1 aliphatic rings. The molecule has 1 aromatic rings. The van der Waals surface area contributed by atoms with Gasteiger partial charge in [0.15, 0.2) is 0 Å². The van der Waals surface area contributed by atoms with Crippen molar-refractivity contribution in [2.45, 2.75) is 26.2 Å². The first kappa shape index (κ1) is 9.13. The molecule has 2 heteroatoms. The lowest BCUT2D eigenvalue weighted by Gasteiger charge is -2.22. The number of fused-ring (bicyclic) bond motifs is 1. The number of nitrogens with one attached hydrogen (secondary N) is 1. The predicted octanol–water partition coefficient (Wildman–Crippen LogP) is 3.26. The third-order valence-electron chi connectivity index (χ3n) is 2.35. The highest BCUT2D eigenvalue weighted by molar-refractivity contribution is 5.61. The predicted molar refractivity (Wildman–Crippen MR) is 58.5 cm³/mol. The van der Waals surface area contributed by atoms with Crippen LogP contribution >= 0.6 is 0 Å². The van der Waals surface area contributed by atoms with Crippen LogP contribution in [-0.4, -0.2) is 0 Å². The van der Waals surface area contributed by atoms with Crippen LogP contribution < -0.4 is 10.1 Å². The quantitative estimate of drug-likeness (QED) is 0.676. The van der Waals surface area contributed by atoms with Gasteiger partial charge in [0.05, 0.1) is 5.69 Å². The molecule has 0 aliphatic carbocycles. The van der Waals surface area contributed by atoms with E-state index in [0.717, 1.165) is 11.4 Å². The number of anilines is 1. The Bertz CT molecular complexity index is 374. The van der Waals surface area contributed by atoms with Gasteiger partial charge in [0.2, 0.25) is 0 Å². The minimum atomic E-state index is 0.178. The van der Waals surface area contributed by atoms with Gasteiger partial charge in [0.1, 0.15) is 12.0 Å². The topological polar surface area (TPSA) is 21.3 Å². The van der Waals surface area contributed by atoms with Crippen molar-refractivity contribution < 1.29 is 4.74 Å². The lowest BCUT2D eigenvalue weighted by Crippen LogP contribution is -2.12. The summed E-state index contributed by atoms with van der Waals surface area (Å²) in [6.45, 7) is 6.61. The van der Waals surface area contributed by atoms with E-state index in [-0.39, 0.29) is 5.41 Å². The van der Waals surface area contributed by atoms with Crippen LogP contribution in [0.3, 0.4) is 0 Å². The van der Waals surface area contributed by atoms with Gasteiger partial charge in [-0.15, -0.1) is 0 Å². The Labute approximate surface area is 84.6 Å². The molecule has 0 radical (unpaired) electrons. The second-order valence-corrected chi connectivity index (χ2v) is 4.53. The molecule has 0 unspecified atom stereocenters. The van der Waals surface area contributed by atoms with E-state index in [1.54, 1.807) is 12.5 Å². The molecule has 1 N–H and O–H groups in total. The first-order chi connectivity index (χ1) is 6.57. The Morgan fingerprint density at radius 1 is 1.21 bits per heavy atom. The van der Waals surface area contributed by atoms with Gasteiger partial charge in [-0.3, -0.25) is 0 Å². The van der Waals surface area contributed by atoms with Crippen LogP contribution in [0.2, 0.25) is 0 Å².